The number of amides is 1. The molecule has 0 aliphatic rings. The molecule has 106 valence electrons. The lowest BCUT2D eigenvalue weighted by Gasteiger charge is -2.06. The van der Waals surface area contributed by atoms with Gasteiger partial charge in [-0.05, 0) is 31.4 Å². The Morgan fingerprint density at radius 3 is 2.76 bits per heavy atom. The SMILES string of the molecule is CC(C)NC(=O)c1ccc(-c2cncc3ccccc23)s1. The Bertz CT molecular complexity index is 787. The van der Waals surface area contributed by atoms with Crippen LogP contribution in [-0.2, 0) is 0 Å². The van der Waals surface area contributed by atoms with Crippen LogP contribution in [0.25, 0.3) is 21.2 Å². The molecule has 3 nitrogen and oxygen atoms in total. The highest BCUT2D eigenvalue weighted by Crippen LogP contribution is 2.32. The van der Waals surface area contributed by atoms with E-state index in [1.54, 1.807) is 0 Å². The zero-order chi connectivity index (χ0) is 14.8. The summed E-state index contributed by atoms with van der Waals surface area (Å²) in [5, 5.41) is 5.18. The second-order valence-electron chi connectivity index (χ2n) is 5.20. The molecule has 0 radical (unpaired) electrons. The van der Waals surface area contributed by atoms with Crippen molar-refractivity contribution < 1.29 is 4.79 Å². The van der Waals surface area contributed by atoms with Crippen LogP contribution >= 0.6 is 11.3 Å². The molecule has 1 amide bonds. The van der Waals surface area contributed by atoms with Gasteiger partial charge in [0.05, 0.1) is 4.88 Å². The molecule has 3 rings (SSSR count). The summed E-state index contributed by atoms with van der Waals surface area (Å²) >= 11 is 1.50. The topological polar surface area (TPSA) is 42.0 Å². The molecule has 3 aromatic rings. The van der Waals surface area contributed by atoms with Crippen LogP contribution in [0.2, 0.25) is 0 Å². The van der Waals surface area contributed by atoms with E-state index in [2.05, 4.69) is 16.4 Å². The van der Waals surface area contributed by atoms with Crippen LogP contribution in [-0.4, -0.2) is 16.9 Å². The van der Waals surface area contributed by atoms with Crippen molar-refractivity contribution in [3.8, 4) is 10.4 Å². The third kappa shape index (κ3) is 2.81. The maximum absolute atomic E-state index is 12.0. The standard InChI is InChI=1S/C17H16N2OS/c1-11(2)19-17(20)16-8-7-15(21-16)14-10-18-9-12-5-3-4-6-13(12)14/h3-11H,1-2H3,(H,19,20). The van der Waals surface area contributed by atoms with Crippen LogP contribution in [0.1, 0.15) is 23.5 Å². The summed E-state index contributed by atoms with van der Waals surface area (Å²) in [4.78, 5) is 18.1. The first-order valence-corrected chi connectivity index (χ1v) is 7.70. The van der Waals surface area contributed by atoms with Crippen molar-refractivity contribution in [1.29, 1.82) is 0 Å². The Kier molecular flexibility index (Phi) is 3.71. The molecule has 1 N–H and O–H groups in total. The number of carbonyl (C=O) groups excluding carboxylic acids is 1. The fourth-order valence-electron chi connectivity index (χ4n) is 2.25. The van der Waals surface area contributed by atoms with Crippen molar-refractivity contribution >= 4 is 28.0 Å². The number of hydrogen-bond acceptors (Lipinski definition) is 3. The van der Waals surface area contributed by atoms with E-state index in [1.807, 2.05) is 56.6 Å². The van der Waals surface area contributed by atoms with E-state index >= 15 is 0 Å². The maximum atomic E-state index is 12.0. The van der Waals surface area contributed by atoms with Crippen molar-refractivity contribution in [3.63, 3.8) is 0 Å². The molecule has 0 unspecified atom stereocenters. The van der Waals surface area contributed by atoms with E-state index < -0.39 is 0 Å². The molecule has 2 aromatic heterocycles. The van der Waals surface area contributed by atoms with E-state index in [1.165, 1.54) is 11.3 Å². The number of nitrogens with zero attached hydrogens (tertiary/aromatic N) is 1. The van der Waals surface area contributed by atoms with Crippen molar-refractivity contribution in [2.75, 3.05) is 0 Å². The predicted octanol–water partition coefficient (Wildman–Crippen LogP) is 4.10. The summed E-state index contributed by atoms with van der Waals surface area (Å²) in [5.74, 6) is -0.0190. The van der Waals surface area contributed by atoms with Crippen molar-refractivity contribution in [3.05, 3.63) is 53.7 Å². The molecule has 0 aliphatic heterocycles. The number of nitrogens with one attached hydrogen (secondary N) is 1. The van der Waals surface area contributed by atoms with Crippen LogP contribution in [0.3, 0.4) is 0 Å². The van der Waals surface area contributed by atoms with Gasteiger partial charge < -0.3 is 5.32 Å². The third-order valence-corrected chi connectivity index (χ3v) is 4.30. The first kappa shape index (κ1) is 13.8. The van der Waals surface area contributed by atoms with Gasteiger partial charge in [0.2, 0.25) is 0 Å². The van der Waals surface area contributed by atoms with Gasteiger partial charge in [-0.2, -0.15) is 0 Å². The monoisotopic (exact) mass is 296 g/mol. The van der Waals surface area contributed by atoms with E-state index in [9.17, 15) is 4.79 Å². The number of hydrogen-bond donors (Lipinski definition) is 1. The second-order valence-corrected chi connectivity index (χ2v) is 6.28. The first-order chi connectivity index (χ1) is 10.1. The molecule has 1 aromatic carbocycles. The van der Waals surface area contributed by atoms with Gasteiger partial charge in [-0.15, -0.1) is 11.3 Å². The number of pyridine rings is 1. The molecular weight excluding hydrogens is 280 g/mol. The lowest BCUT2D eigenvalue weighted by Crippen LogP contribution is -2.29. The third-order valence-electron chi connectivity index (χ3n) is 3.18. The highest BCUT2D eigenvalue weighted by Gasteiger charge is 2.12. The number of benzene rings is 1. The Morgan fingerprint density at radius 2 is 1.95 bits per heavy atom. The first-order valence-electron chi connectivity index (χ1n) is 6.89. The van der Waals surface area contributed by atoms with E-state index in [0.29, 0.717) is 0 Å². The van der Waals surface area contributed by atoms with E-state index in [0.717, 1.165) is 26.1 Å². The molecule has 0 saturated carbocycles. The summed E-state index contributed by atoms with van der Waals surface area (Å²) < 4.78 is 0. The number of fused-ring (bicyclic) bond motifs is 1. The fraction of sp³-hybridized carbons (Fsp3) is 0.176. The summed E-state index contributed by atoms with van der Waals surface area (Å²) in [6.45, 7) is 3.92. The van der Waals surface area contributed by atoms with Crippen LogP contribution in [0.15, 0.2) is 48.8 Å². The minimum absolute atomic E-state index is 0.0190. The van der Waals surface area contributed by atoms with Gasteiger partial charge in [0.1, 0.15) is 0 Å². The Labute approximate surface area is 127 Å². The Hall–Kier alpha value is -2.20. The molecule has 0 fully saturated rings. The number of thiophene rings is 1. The number of carbonyl (C=O) groups is 1. The lowest BCUT2D eigenvalue weighted by atomic mass is 10.1. The quantitative estimate of drug-likeness (QED) is 0.790. The van der Waals surface area contributed by atoms with Crippen LogP contribution in [0, 0.1) is 0 Å². The summed E-state index contributed by atoms with van der Waals surface area (Å²) in [6.07, 6.45) is 3.72. The lowest BCUT2D eigenvalue weighted by molar-refractivity contribution is 0.0947. The summed E-state index contributed by atoms with van der Waals surface area (Å²) in [5.41, 5.74) is 1.07. The average molecular weight is 296 g/mol. The van der Waals surface area contributed by atoms with Crippen LogP contribution in [0.4, 0.5) is 0 Å². The number of rotatable bonds is 3. The predicted molar refractivity (Wildman–Crippen MR) is 87.7 cm³/mol. The minimum Gasteiger partial charge on any atom is -0.349 e. The Balaban J connectivity index is 2.01. The highest BCUT2D eigenvalue weighted by molar-refractivity contribution is 7.17. The van der Waals surface area contributed by atoms with E-state index in [-0.39, 0.29) is 11.9 Å². The largest absolute Gasteiger partial charge is 0.349 e. The van der Waals surface area contributed by atoms with Crippen LogP contribution < -0.4 is 5.32 Å². The van der Waals surface area contributed by atoms with Gasteiger partial charge in [0.15, 0.2) is 0 Å². The van der Waals surface area contributed by atoms with Gasteiger partial charge in [0, 0.05) is 34.3 Å². The minimum atomic E-state index is -0.0190. The van der Waals surface area contributed by atoms with Gasteiger partial charge in [-0.1, -0.05) is 24.3 Å². The molecular formula is C17H16N2OS. The summed E-state index contributed by atoms with van der Waals surface area (Å²) in [6, 6.07) is 12.2. The molecule has 0 saturated heterocycles. The summed E-state index contributed by atoms with van der Waals surface area (Å²) in [7, 11) is 0. The maximum Gasteiger partial charge on any atom is 0.261 e. The second kappa shape index (κ2) is 5.66. The fourth-order valence-corrected chi connectivity index (χ4v) is 3.18. The molecule has 4 heteroatoms. The van der Waals surface area contributed by atoms with Gasteiger partial charge in [-0.25, -0.2) is 0 Å². The molecule has 0 atom stereocenters. The molecule has 0 bridgehead atoms. The van der Waals surface area contributed by atoms with Crippen molar-refractivity contribution in [1.82, 2.24) is 10.3 Å². The normalized spacial score (nSPS) is 11.0. The molecule has 0 aliphatic carbocycles. The zero-order valence-corrected chi connectivity index (χ0v) is 12.8. The smallest absolute Gasteiger partial charge is 0.261 e. The molecule has 2 heterocycles. The van der Waals surface area contributed by atoms with Crippen molar-refractivity contribution in [2.45, 2.75) is 19.9 Å². The van der Waals surface area contributed by atoms with E-state index in [4.69, 9.17) is 0 Å². The molecule has 21 heavy (non-hydrogen) atoms. The molecule has 0 spiro atoms. The van der Waals surface area contributed by atoms with Gasteiger partial charge >= 0.3 is 0 Å². The average Bonchev–Trinajstić information content (AvgIpc) is 2.95. The zero-order valence-electron chi connectivity index (χ0n) is 12.0. The van der Waals surface area contributed by atoms with Crippen molar-refractivity contribution in [2.24, 2.45) is 0 Å². The van der Waals surface area contributed by atoms with Crippen LogP contribution in [0.5, 0.6) is 0 Å². The highest BCUT2D eigenvalue weighted by atomic mass is 32.1. The Morgan fingerprint density at radius 1 is 1.14 bits per heavy atom. The number of aromatic nitrogens is 1. The van der Waals surface area contributed by atoms with Gasteiger partial charge in [-0.3, -0.25) is 9.78 Å². The van der Waals surface area contributed by atoms with Gasteiger partial charge in [0.25, 0.3) is 5.91 Å².